The third kappa shape index (κ3) is 2.84. The average molecular weight is 348 g/mol. The zero-order chi connectivity index (χ0) is 16.7. The topological polar surface area (TPSA) is 47.8 Å². The molecule has 0 amide bonds. The first-order valence-electron chi connectivity index (χ1n) is 7.23. The van der Waals surface area contributed by atoms with Gasteiger partial charge in [0.25, 0.3) is 0 Å². The number of rotatable bonds is 2. The van der Waals surface area contributed by atoms with Crippen molar-refractivity contribution in [3.63, 3.8) is 0 Å². The van der Waals surface area contributed by atoms with Gasteiger partial charge in [-0.05, 0) is 44.5 Å². The highest BCUT2D eigenvalue weighted by atomic mass is 35.5. The fraction of sp³-hybridized carbons (Fsp3) is 0.235. The van der Waals surface area contributed by atoms with Crippen LogP contribution in [-0.2, 0) is 0 Å². The largest absolute Gasteiger partial charge is 0.342 e. The number of aromatic nitrogens is 3. The van der Waals surface area contributed by atoms with E-state index in [0.29, 0.717) is 16.1 Å². The van der Waals surface area contributed by atoms with Crippen molar-refractivity contribution in [3.05, 3.63) is 56.7 Å². The first-order valence-corrected chi connectivity index (χ1v) is 7.98. The van der Waals surface area contributed by atoms with Gasteiger partial charge in [-0.15, -0.1) is 0 Å². The normalized spacial score (nSPS) is 11.4. The van der Waals surface area contributed by atoms with Crippen molar-refractivity contribution in [2.75, 3.05) is 0 Å². The molecule has 2 heterocycles. The van der Waals surface area contributed by atoms with Gasteiger partial charge in [-0.3, -0.25) is 4.79 Å². The molecule has 23 heavy (non-hydrogen) atoms. The Morgan fingerprint density at radius 3 is 2.61 bits per heavy atom. The fourth-order valence-electron chi connectivity index (χ4n) is 2.85. The van der Waals surface area contributed by atoms with Gasteiger partial charge in [0.15, 0.2) is 5.43 Å². The Morgan fingerprint density at radius 2 is 1.91 bits per heavy atom. The van der Waals surface area contributed by atoms with Crippen LogP contribution in [0.3, 0.4) is 0 Å². The third-order valence-electron chi connectivity index (χ3n) is 3.75. The zero-order valence-corrected chi connectivity index (χ0v) is 14.5. The Balaban J connectivity index is 2.36. The van der Waals surface area contributed by atoms with E-state index in [9.17, 15) is 4.79 Å². The summed E-state index contributed by atoms with van der Waals surface area (Å²) in [6, 6.07) is 7.44. The number of pyridine rings is 1. The van der Waals surface area contributed by atoms with Crippen molar-refractivity contribution in [2.45, 2.75) is 26.8 Å². The summed E-state index contributed by atoms with van der Waals surface area (Å²) in [5.41, 5.74) is 3.13. The molecule has 4 nitrogen and oxygen atoms in total. The van der Waals surface area contributed by atoms with Gasteiger partial charge in [0.05, 0.1) is 22.4 Å². The molecule has 0 unspecified atom stereocenters. The molecule has 0 saturated heterocycles. The smallest absolute Gasteiger partial charge is 0.222 e. The molecule has 6 heteroatoms. The van der Waals surface area contributed by atoms with Gasteiger partial charge in [-0.25, -0.2) is 9.97 Å². The van der Waals surface area contributed by atoms with Crippen molar-refractivity contribution in [1.82, 2.24) is 14.5 Å². The lowest BCUT2D eigenvalue weighted by Gasteiger charge is -2.19. The maximum absolute atomic E-state index is 12.3. The molecule has 0 bridgehead atoms. The predicted molar refractivity (Wildman–Crippen MR) is 94.4 cm³/mol. The van der Waals surface area contributed by atoms with Crippen molar-refractivity contribution < 1.29 is 0 Å². The summed E-state index contributed by atoms with van der Waals surface area (Å²) in [6.07, 6.45) is 1.47. The van der Waals surface area contributed by atoms with Crippen LogP contribution in [0.2, 0.25) is 10.3 Å². The molecule has 0 aliphatic carbocycles. The molecule has 0 saturated carbocycles. The van der Waals surface area contributed by atoms with Gasteiger partial charge >= 0.3 is 0 Å². The second-order valence-corrected chi connectivity index (χ2v) is 6.43. The van der Waals surface area contributed by atoms with E-state index in [0.717, 1.165) is 16.8 Å². The van der Waals surface area contributed by atoms with Crippen LogP contribution in [0.25, 0.3) is 22.2 Å². The molecule has 0 aliphatic rings. The molecule has 0 N–H and O–H groups in total. The van der Waals surface area contributed by atoms with Gasteiger partial charge < -0.3 is 4.57 Å². The van der Waals surface area contributed by atoms with Crippen molar-refractivity contribution in [2.24, 2.45) is 0 Å². The van der Waals surface area contributed by atoms with Gasteiger partial charge in [-0.1, -0.05) is 17.7 Å². The predicted octanol–water partition coefficient (Wildman–Crippen LogP) is 4.65. The monoisotopic (exact) mass is 347 g/mol. The van der Waals surface area contributed by atoms with Crippen LogP contribution < -0.4 is 5.43 Å². The molecule has 118 valence electrons. The van der Waals surface area contributed by atoms with E-state index in [1.54, 1.807) is 12.1 Å². The quantitative estimate of drug-likeness (QED) is 0.633. The second kappa shape index (κ2) is 5.95. The summed E-state index contributed by atoms with van der Waals surface area (Å²) >= 11 is 12.1. The molecule has 2 aromatic heterocycles. The lowest BCUT2D eigenvalue weighted by molar-refractivity contribution is 0.602. The summed E-state index contributed by atoms with van der Waals surface area (Å²) in [5, 5.41) is 1.22. The number of hydrogen-bond donors (Lipinski definition) is 0. The van der Waals surface area contributed by atoms with Crippen LogP contribution >= 0.6 is 23.2 Å². The van der Waals surface area contributed by atoms with Crippen molar-refractivity contribution in [3.8, 4) is 11.3 Å². The van der Waals surface area contributed by atoms with E-state index in [4.69, 9.17) is 23.2 Å². The molecule has 0 radical (unpaired) electrons. The van der Waals surface area contributed by atoms with E-state index in [-0.39, 0.29) is 16.8 Å². The molecule has 1 aromatic carbocycles. The molecular formula is C17H15Cl2N3O. The van der Waals surface area contributed by atoms with Crippen LogP contribution in [0.5, 0.6) is 0 Å². The summed E-state index contributed by atoms with van der Waals surface area (Å²) in [4.78, 5) is 20.3. The van der Waals surface area contributed by atoms with Crippen LogP contribution in [0.15, 0.2) is 35.3 Å². The van der Waals surface area contributed by atoms with Crippen molar-refractivity contribution in [1.29, 1.82) is 0 Å². The Labute approximate surface area is 143 Å². The Hall–Kier alpha value is -1.91. The Morgan fingerprint density at radius 1 is 1.17 bits per heavy atom. The van der Waals surface area contributed by atoms with Crippen molar-refractivity contribution >= 4 is 34.1 Å². The number of halogens is 2. The highest BCUT2D eigenvalue weighted by Crippen LogP contribution is 2.29. The van der Waals surface area contributed by atoms with E-state index in [1.807, 2.05) is 19.1 Å². The summed E-state index contributed by atoms with van der Waals surface area (Å²) in [6.45, 7) is 6.10. The molecule has 0 spiro atoms. The van der Waals surface area contributed by atoms with Crippen LogP contribution in [0.1, 0.15) is 25.6 Å². The summed E-state index contributed by atoms with van der Waals surface area (Å²) < 4.78 is 2.12. The highest BCUT2D eigenvalue weighted by Gasteiger charge is 2.13. The highest BCUT2D eigenvalue weighted by molar-refractivity contribution is 6.33. The SMILES string of the molecule is Cc1cc(=O)c2ccc(-c3nc(Cl)ncc3Cl)cc2n1C(C)C. The standard InChI is InChI=1S/C17H15Cl2N3O/c1-9(2)22-10(3)6-15(23)12-5-4-11(7-14(12)22)16-13(18)8-20-17(19)21-16/h4-9H,1-3H3. The fourth-order valence-corrected chi connectivity index (χ4v) is 3.18. The minimum absolute atomic E-state index is 0.00719. The number of nitrogens with zero attached hydrogens (tertiary/aromatic N) is 3. The first-order chi connectivity index (χ1) is 10.9. The van der Waals surface area contributed by atoms with E-state index >= 15 is 0 Å². The molecule has 3 rings (SSSR count). The Kier molecular flexibility index (Phi) is 4.13. The minimum Gasteiger partial charge on any atom is -0.342 e. The number of benzene rings is 1. The third-order valence-corrected chi connectivity index (χ3v) is 4.21. The van der Waals surface area contributed by atoms with Crippen LogP contribution in [0.4, 0.5) is 0 Å². The molecule has 3 aromatic rings. The second-order valence-electron chi connectivity index (χ2n) is 5.68. The zero-order valence-electron chi connectivity index (χ0n) is 13.0. The van der Waals surface area contributed by atoms with Crippen LogP contribution in [0, 0.1) is 6.92 Å². The molecular weight excluding hydrogens is 333 g/mol. The van der Waals surface area contributed by atoms with Gasteiger partial charge in [0.1, 0.15) is 0 Å². The minimum atomic E-state index is 0.00719. The van der Waals surface area contributed by atoms with Gasteiger partial charge in [0, 0.05) is 28.8 Å². The number of aryl methyl sites for hydroxylation is 1. The Bertz CT molecular complexity index is 964. The maximum atomic E-state index is 12.3. The molecule has 0 fully saturated rings. The van der Waals surface area contributed by atoms with E-state index in [1.165, 1.54) is 6.20 Å². The van der Waals surface area contributed by atoms with E-state index in [2.05, 4.69) is 28.4 Å². The molecule has 0 atom stereocenters. The van der Waals surface area contributed by atoms with Crippen LogP contribution in [-0.4, -0.2) is 14.5 Å². The van der Waals surface area contributed by atoms with E-state index < -0.39 is 0 Å². The number of hydrogen-bond acceptors (Lipinski definition) is 3. The van der Waals surface area contributed by atoms with Gasteiger partial charge in [-0.2, -0.15) is 0 Å². The average Bonchev–Trinajstić information content (AvgIpc) is 2.48. The lowest BCUT2D eigenvalue weighted by Crippen LogP contribution is -2.13. The summed E-state index contributed by atoms with van der Waals surface area (Å²) in [7, 11) is 0. The maximum Gasteiger partial charge on any atom is 0.222 e. The van der Waals surface area contributed by atoms with Gasteiger partial charge in [0.2, 0.25) is 5.28 Å². The number of fused-ring (bicyclic) bond motifs is 1. The molecule has 0 aliphatic heterocycles. The first kappa shape index (κ1) is 16.0. The summed E-state index contributed by atoms with van der Waals surface area (Å²) in [5.74, 6) is 0. The lowest BCUT2D eigenvalue weighted by atomic mass is 10.1.